The topological polar surface area (TPSA) is 91.5 Å². The molecule has 0 aromatic carbocycles. The van der Waals surface area contributed by atoms with E-state index < -0.39 is 6.04 Å². The number of nitrogens with two attached hydrogens (primary N) is 1. The molecule has 0 rings (SSSR count). The Balaban J connectivity index is 3.63. The molecule has 6 nitrogen and oxygen atoms in total. The Bertz CT molecular complexity index is 242. The average molecular weight is 243 g/mol. The van der Waals surface area contributed by atoms with Crippen LogP contribution in [0.25, 0.3) is 0 Å². The lowest BCUT2D eigenvalue weighted by Gasteiger charge is -2.12. The first-order chi connectivity index (χ1) is 8.15. The molecule has 0 aliphatic rings. The fraction of sp³-hybridized carbons (Fsp3) is 0.818. The second kappa shape index (κ2) is 9.89. The van der Waals surface area contributed by atoms with Gasteiger partial charge < -0.3 is 21.7 Å². The summed E-state index contributed by atoms with van der Waals surface area (Å²) in [6, 6.07) is -0.417. The highest BCUT2D eigenvalue weighted by Gasteiger charge is 2.11. The molecule has 0 saturated carbocycles. The van der Waals surface area contributed by atoms with Gasteiger partial charge in [0, 0.05) is 27.2 Å². The van der Waals surface area contributed by atoms with E-state index in [2.05, 4.69) is 20.9 Å². The monoisotopic (exact) mass is 243 g/mol. The minimum atomic E-state index is -0.417. The number of hydrogen-bond acceptors (Lipinski definition) is 3. The molecule has 0 aliphatic heterocycles. The summed E-state index contributed by atoms with van der Waals surface area (Å²) in [5.74, 6) is 0.679. The summed E-state index contributed by atoms with van der Waals surface area (Å²) < 4.78 is 0. The van der Waals surface area contributed by atoms with E-state index in [4.69, 9.17) is 5.73 Å². The van der Waals surface area contributed by atoms with Crippen molar-refractivity contribution in [3.63, 3.8) is 0 Å². The zero-order valence-electron chi connectivity index (χ0n) is 11.0. The van der Waals surface area contributed by atoms with Gasteiger partial charge >= 0.3 is 0 Å². The number of aliphatic imine (C=N–C) groups is 1. The third-order valence-electron chi connectivity index (χ3n) is 2.33. The Kier molecular flexibility index (Phi) is 9.14. The molecule has 0 aromatic heterocycles. The van der Waals surface area contributed by atoms with Gasteiger partial charge in [0.05, 0.1) is 6.04 Å². The minimum Gasteiger partial charge on any atom is -0.359 e. The molecule has 0 spiro atoms. The zero-order chi connectivity index (χ0) is 13.1. The summed E-state index contributed by atoms with van der Waals surface area (Å²) in [5.41, 5.74) is 5.75. The van der Waals surface area contributed by atoms with E-state index in [0.29, 0.717) is 13.0 Å². The van der Waals surface area contributed by atoms with Crippen LogP contribution < -0.4 is 21.7 Å². The summed E-state index contributed by atoms with van der Waals surface area (Å²) in [6.45, 7) is 3.46. The Labute approximate surface area is 103 Å². The summed E-state index contributed by atoms with van der Waals surface area (Å²) in [4.78, 5) is 15.4. The van der Waals surface area contributed by atoms with Crippen LogP contribution in [0.2, 0.25) is 0 Å². The van der Waals surface area contributed by atoms with Crippen LogP contribution in [0, 0.1) is 0 Å². The molecule has 0 heterocycles. The second-order valence-corrected chi connectivity index (χ2v) is 3.79. The SMILES string of the molecule is CCCNC(=O)C(N)CCCN/C(=N/C)NC. The van der Waals surface area contributed by atoms with Crippen molar-refractivity contribution in [1.82, 2.24) is 16.0 Å². The van der Waals surface area contributed by atoms with Crippen molar-refractivity contribution in [3.8, 4) is 0 Å². The van der Waals surface area contributed by atoms with Crippen LogP contribution in [0.1, 0.15) is 26.2 Å². The Hall–Kier alpha value is -1.30. The molecule has 0 aromatic rings. The standard InChI is InChI=1S/C11H25N5O/c1-4-7-15-10(17)9(12)6-5-8-16-11(13-2)14-3/h9H,4-8,12H2,1-3H3,(H,15,17)(H2,13,14,16). The number of carbonyl (C=O) groups is 1. The van der Waals surface area contributed by atoms with Gasteiger partial charge in [0.2, 0.25) is 5.91 Å². The Morgan fingerprint density at radius 1 is 1.35 bits per heavy atom. The van der Waals surface area contributed by atoms with Crippen LogP contribution >= 0.6 is 0 Å². The summed E-state index contributed by atoms with van der Waals surface area (Å²) in [5, 5.41) is 8.81. The van der Waals surface area contributed by atoms with E-state index in [1.807, 2.05) is 6.92 Å². The molecule has 1 atom stereocenters. The van der Waals surface area contributed by atoms with Gasteiger partial charge in [-0.1, -0.05) is 6.92 Å². The molecule has 0 fully saturated rings. The third-order valence-corrected chi connectivity index (χ3v) is 2.33. The van der Waals surface area contributed by atoms with Crippen LogP contribution in [0.4, 0.5) is 0 Å². The number of amides is 1. The molecule has 17 heavy (non-hydrogen) atoms. The fourth-order valence-electron chi connectivity index (χ4n) is 1.32. The van der Waals surface area contributed by atoms with Gasteiger partial charge in [-0.25, -0.2) is 0 Å². The number of carbonyl (C=O) groups excluding carboxylic acids is 1. The maximum absolute atomic E-state index is 11.4. The highest BCUT2D eigenvalue weighted by Crippen LogP contribution is 1.93. The maximum atomic E-state index is 11.4. The quantitative estimate of drug-likeness (QED) is 0.273. The lowest BCUT2D eigenvalue weighted by molar-refractivity contribution is -0.122. The minimum absolute atomic E-state index is 0.0650. The summed E-state index contributed by atoms with van der Waals surface area (Å²) in [6.07, 6.45) is 2.43. The van der Waals surface area contributed by atoms with E-state index in [1.165, 1.54) is 0 Å². The summed E-state index contributed by atoms with van der Waals surface area (Å²) in [7, 11) is 3.52. The van der Waals surface area contributed by atoms with Gasteiger partial charge in [0.15, 0.2) is 5.96 Å². The molecule has 5 N–H and O–H groups in total. The molecule has 100 valence electrons. The van der Waals surface area contributed by atoms with Crippen molar-refractivity contribution in [3.05, 3.63) is 0 Å². The molecule has 0 bridgehead atoms. The Morgan fingerprint density at radius 3 is 2.59 bits per heavy atom. The first-order valence-corrected chi connectivity index (χ1v) is 6.07. The van der Waals surface area contributed by atoms with Crippen molar-refractivity contribution in [2.24, 2.45) is 10.7 Å². The summed E-state index contributed by atoms with van der Waals surface area (Å²) >= 11 is 0. The van der Waals surface area contributed by atoms with Gasteiger partial charge in [-0.2, -0.15) is 0 Å². The van der Waals surface area contributed by atoms with Crippen LogP contribution in [0.5, 0.6) is 0 Å². The van der Waals surface area contributed by atoms with E-state index in [9.17, 15) is 4.79 Å². The van der Waals surface area contributed by atoms with Crippen LogP contribution in [-0.4, -0.2) is 45.1 Å². The van der Waals surface area contributed by atoms with Gasteiger partial charge in [0.1, 0.15) is 0 Å². The van der Waals surface area contributed by atoms with E-state index in [-0.39, 0.29) is 5.91 Å². The highest BCUT2D eigenvalue weighted by molar-refractivity contribution is 5.81. The third kappa shape index (κ3) is 7.57. The predicted octanol–water partition coefficient (Wildman–Crippen LogP) is -0.585. The number of nitrogens with zero attached hydrogens (tertiary/aromatic N) is 1. The van der Waals surface area contributed by atoms with Gasteiger partial charge in [-0.05, 0) is 19.3 Å². The van der Waals surface area contributed by atoms with Gasteiger partial charge in [-0.3, -0.25) is 9.79 Å². The number of hydrogen-bond donors (Lipinski definition) is 4. The number of guanidine groups is 1. The van der Waals surface area contributed by atoms with Crippen molar-refractivity contribution >= 4 is 11.9 Å². The first kappa shape index (κ1) is 15.7. The van der Waals surface area contributed by atoms with Gasteiger partial charge in [-0.15, -0.1) is 0 Å². The number of rotatable bonds is 7. The van der Waals surface area contributed by atoms with Crippen molar-refractivity contribution in [2.45, 2.75) is 32.2 Å². The molecule has 0 saturated heterocycles. The van der Waals surface area contributed by atoms with Crippen LogP contribution in [0.15, 0.2) is 4.99 Å². The normalized spacial score (nSPS) is 13.1. The molecular weight excluding hydrogens is 218 g/mol. The number of nitrogens with one attached hydrogen (secondary N) is 3. The van der Waals surface area contributed by atoms with Crippen molar-refractivity contribution in [1.29, 1.82) is 0 Å². The van der Waals surface area contributed by atoms with Crippen molar-refractivity contribution < 1.29 is 4.79 Å². The molecule has 1 amide bonds. The lowest BCUT2D eigenvalue weighted by atomic mass is 10.1. The Morgan fingerprint density at radius 2 is 2.06 bits per heavy atom. The van der Waals surface area contributed by atoms with E-state index in [0.717, 1.165) is 25.3 Å². The van der Waals surface area contributed by atoms with E-state index in [1.54, 1.807) is 14.1 Å². The molecule has 0 radical (unpaired) electrons. The smallest absolute Gasteiger partial charge is 0.236 e. The molecule has 6 heteroatoms. The lowest BCUT2D eigenvalue weighted by Crippen LogP contribution is -2.41. The zero-order valence-corrected chi connectivity index (χ0v) is 11.0. The second-order valence-electron chi connectivity index (χ2n) is 3.79. The van der Waals surface area contributed by atoms with E-state index >= 15 is 0 Å². The molecule has 0 aliphatic carbocycles. The van der Waals surface area contributed by atoms with Crippen molar-refractivity contribution in [2.75, 3.05) is 27.2 Å². The van der Waals surface area contributed by atoms with Crippen LogP contribution in [0.3, 0.4) is 0 Å². The van der Waals surface area contributed by atoms with Crippen LogP contribution in [-0.2, 0) is 4.79 Å². The van der Waals surface area contributed by atoms with Gasteiger partial charge in [0.25, 0.3) is 0 Å². The molecular formula is C11H25N5O. The highest BCUT2D eigenvalue weighted by atomic mass is 16.2. The maximum Gasteiger partial charge on any atom is 0.236 e. The predicted molar refractivity (Wildman–Crippen MR) is 70.9 cm³/mol. The molecule has 1 unspecified atom stereocenters. The fourth-order valence-corrected chi connectivity index (χ4v) is 1.32. The first-order valence-electron chi connectivity index (χ1n) is 6.07. The largest absolute Gasteiger partial charge is 0.359 e. The average Bonchev–Trinajstić information content (AvgIpc) is 2.35.